The summed E-state index contributed by atoms with van der Waals surface area (Å²) in [6, 6.07) is 6.62. The predicted molar refractivity (Wildman–Crippen MR) is 122 cm³/mol. The highest BCUT2D eigenvalue weighted by atomic mass is 16.5. The third kappa shape index (κ3) is 5.66. The molecule has 2 aromatic rings. The Morgan fingerprint density at radius 1 is 1.03 bits per heavy atom. The van der Waals surface area contributed by atoms with Gasteiger partial charge in [0.1, 0.15) is 5.82 Å². The molecule has 0 unspecified atom stereocenters. The Labute approximate surface area is 175 Å². The maximum absolute atomic E-state index is 5.53. The zero-order chi connectivity index (χ0) is 20.6. The molecule has 6 nitrogen and oxygen atoms in total. The first-order chi connectivity index (χ1) is 14.1. The minimum absolute atomic E-state index is 0.474. The Kier molecular flexibility index (Phi) is 7.81. The quantitative estimate of drug-likeness (QED) is 0.561. The maximum Gasteiger partial charge on any atom is 0.162 e. The van der Waals surface area contributed by atoms with Crippen molar-refractivity contribution in [3.63, 3.8) is 0 Å². The highest BCUT2D eigenvalue weighted by Crippen LogP contribution is 2.36. The number of hydrogen-bond acceptors (Lipinski definition) is 6. The SMILES string of the molecule is CCCCCCNc1cc(NC2CCN(C)CC2)c2cc(OC)c(OC)cc2n1. The lowest BCUT2D eigenvalue weighted by Gasteiger charge is -2.30. The molecule has 0 aliphatic carbocycles. The van der Waals surface area contributed by atoms with E-state index in [1.807, 2.05) is 12.1 Å². The van der Waals surface area contributed by atoms with Gasteiger partial charge in [-0.3, -0.25) is 0 Å². The Hall–Kier alpha value is -2.21. The van der Waals surface area contributed by atoms with Crippen molar-refractivity contribution < 1.29 is 9.47 Å². The molecule has 1 aromatic heterocycles. The van der Waals surface area contributed by atoms with Gasteiger partial charge in [-0.2, -0.15) is 0 Å². The molecular formula is C23H36N4O2. The molecule has 1 aliphatic rings. The average molecular weight is 401 g/mol. The second kappa shape index (κ2) is 10.5. The number of fused-ring (bicyclic) bond motifs is 1. The van der Waals surface area contributed by atoms with Crippen molar-refractivity contribution in [2.45, 2.75) is 51.5 Å². The third-order valence-corrected chi connectivity index (χ3v) is 5.73. The summed E-state index contributed by atoms with van der Waals surface area (Å²) in [5, 5.41) is 8.36. The zero-order valence-corrected chi connectivity index (χ0v) is 18.4. The molecule has 0 bridgehead atoms. The molecule has 0 radical (unpaired) electrons. The van der Waals surface area contributed by atoms with E-state index in [2.05, 4.69) is 35.6 Å². The average Bonchev–Trinajstić information content (AvgIpc) is 2.74. The van der Waals surface area contributed by atoms with Gasteiger partial charge in [-0.15, -0.1) is 0 Å². The van der Waals surface area contributed by atoms with E-state index in [0.29, 0.717) is 11.8 Å². The fraction of sp³-hybridized carbons (Fsp3) is 0.609. The first kappa shape index (κ1) is 21.5. The molecule has 1 saturated heterocycles. The molecule has 160 valence electrons. The maximum atomic E-state index is 5.53. The second-order valence-electron chi connectivity index (χ2n) is 7.99. The van der Waals surface area contributed by atoms with Crippen LogP contribution in [-0.2, 0) is 0 Å². The number of nitrogens with one attached hydrogen (secondary N) is 2. The van der Waals surface area contributed by atoms with Gasteiger partial charge in [-0.1, -0.05) is 26.2 Å². The number of ether oxygens (including phenoxy) is 2. The van der Waals surface area contributed by atoms with Gasteiger partial charge in [-0.25, -0.2) is 4.98 Å². The molecule has 0 amide bonds. The number of hydrogen-bond donors (Lipinski definition) is 2. The highest BCUT2D eigenvalue weighted by molar-refractivity contribution is 5.95. The van der Waals surface area contributed by atoms with Crippen LogP contribution in [0.4, 0.5) is 11.5 Å². The summed E-state index contributed by atoms with van der Waals surface area (Å²) < 4.78 is 11.0. The lowest BCUT2D eigenvalue weighted by atomic mass is 10.0. The molecule has 1 fully saturated rings. The number of rotatable bonds is 10. The Morgan fingerprint density at radius 3 is 2.45 bits per heavy atom. The number of methoxy groups -OCH3 is 2. The molecule has 1 aromatic carbocycles. The lowest BCUT2D eigenvalue weighted by molar-refractivity contribution is 0.264. The smallest absolute Gasteiger partial charge is 0.162 e. The van der Waals surface area contributed by atoms with Gasteiger partial charge in [0.25, 0.3) is 0 Å². The van der Waals surface area contributed by atoms with Crippen molar-refractivity contribution in [1.29, 1.82) is 0 Å². The van der Waals surface area contributed by atoms with Gasteiger partial charge >= 0.3 is 0 Å². The minimum Gasteiger partial charge on any atom is -0.493 e. The Morgan fingerprint density at radius 2 is 1.76 bits per heavy atom. The number of nitrogens with zero attached hydrogens (tertiary/aromatic N) is 2. The van der Waals surface area contributed by atoms with Gasteiger partial charge in [0.05, 0.1) is 19.7 Å². The summed E-state index contributed by atoms with van der Waals surface area (Å²) in [4.78, 5) is 7.24. The number of pyridine rings is 1. The number of piperidine rings is 1. The fourth-order valence-corrected chi connectivity index (χ4v) is 3.90. The van der Waals surface area contributed by atoms with E-state index in [1.165, 1.54) is 19.3 Å². The second-order valence-corrected chi connectivity index (χ2v) is 7.99. The van der Waals surface area contributed by atoms with Crippen LogP contribution in [-0.4, -0.2) is 56.8 Å². The van der Waals surface area contributed by atoms with Crippen LogP contribution in [0.25, 0.3) is 10.9 Å². The van der Waals surface area contributed by atoms with Crippen LogP contribution in [0.5, 0.6) is 11.5 Å². The van der Waals surface area contributed by atoms with Crippen LogP contribution in [0, 0.1) is 0 Å². The van der Waals surface area contributed by atoms with Gasteiger partial charge in [0, 0.05) is 35.8 Å². The molecule has 0 spiro atoms. The Bertz CT molecular complexity index is 788. The van der Waals surface area contributed by atoms with Gasteiger partial charge in [0.15, 0.2) is 11.5 Å². The first-order valence-corrected chi connectivity index (χ1v) is 10.9. The molecule has 0 atom stereocenters. The summed E-state index contributed by atoms with van der Waals surface area (Å²) in [6.07, 6.45) is 7.24. The summed E-state index contributed by atoms with van der Waals surface area (Å²) in [7, 11) is 5.53. The molecule has 1 aliphatic heterocycles. The highest BCUT2D eigenvalue weighted by Gasteiger charge is 2.19. The van der Waals surface area contributed by atoms with Crippen LogP contribution in [0.3, 0.4) is 0 Å². The van der Waals surface area contributed by atoms with Gasteiger partial charge in [0.2, 0.25) is 0 Å². The standard InChI is InChI=1S/C23H36N4O2/c1-5-6-7-8-11-24-23-16-20(25-17-9-12-27(2)13-10-17)18-14-21(28-3)22(29-4)15-19(18)26-23/h14-17H,5-13H2,1-4H3,(H2,24,25,26). The van der Waals surface area contributed by atoms with E-state index in [0.717, 1.165) is 67.1 Å². The van der Waals surface area contributed by atoms with Crippen molar-refractivity contribution in [2.75, 3.05) is 51.5 Å². The van der Waals surface area contributed by atoms with Crippen LogP contribution in [0.2, 0.25) is 0 Å². The lowest BCUT2D eigenvalue weighted by Crippen LogP contribution is -2.36. The van der Waals surface area contributed by atoms with E-state index >= 15 is 0 Å². The summed E-state index contributed by atoms with van der Waals surface area (Å²) in [5.74, 6) is 2.35. The number of benzene rings is 1. The topological polar surface area (TPSA) is 58.7 Å². The van der Waals surface area contributed by atoms with Gasteiger partial charge < -0.3 is 25.0 Å². The van der Waals surface area contributed by atoms with E-state index in [9.17, 15) is 0 Å². The molecule has 0 saturated carbocycles. The molecular weight excluding hydrogens is 364 g/mol. The van der Waals surface area contributed by atoms with Gasteiger partial charge in [-0.05, 0) is 45.5 Å². The summed E-state index contributed by atoms with van der Waals surface area (Å²) in [6.45, 7) is 5.43. The van der Waals surface area contributed by atoms with E-state index in [4.69, 9.17) is 14.5 Å². The number of likely N-dealkylation sites (tertiary alicyclic amines) is 1. The van der Waals surface area contributed by atoms with E-state index in [1.54, 1.807) is 14.2 Å². The summed E-state index contributed by atoms with van der Waals surface area (Å²) >= 11 is 0. The van der Waals surface area contributed by atoms with Crippen molar-refractivity contribution >= 4 is 22.4 Å². The molecule has 3 rings (SSSR count). The number of aromatic nitrogens is 1. The van der Waals surface area contributed by atoms with Crippen molar-refractivity contribution in [1.82, 2.24) is 9.88 Å². The van der Waals surface area contributed by atoms with Crippen LogP contribution >= 0.6 is 0 Å². The van der Waals surface area contributed by atoms with Crippen molar-refractivity contribution in [2.24, 2.45) is 0 Å². The third-order valence-electron chi connectivity index (χ3n) is 5.73. The molecule has 29 heavy (non-hydrogen) atoms. The Balaban J connectivity index is 1.87. The zero-order valence-electron chi connectivity index (χ0n) is 18.4. The fourth-order valence-electron chi connectivity index (χ4n) is 3.90. The van der Waals surface area contributed by atoms with E-state index in [-0.39, 0.29) is 0 Å². The number of anilines is 2. The van der Waals surface area contributed by atoms with Crippen LogP contribution in [0.15, 0.2) is 18.2 Å². The van der Waals surface area contributed by atoms with E-state index < -0.39 is 0 Å². The molecule has 2 N–H and O–H groups in total. The van der Waals surface area contributed by atoms with Crippen LogP contribution in [0.1, 0.15) is 45.4 Å². The first-order valence-electron chi connectivity index (χ1n) is 10.9. The van der Waals surface area contributed by atoms with Crippen molar-refractivity contribution in [3.8, 4) is 11.5 Å². The molecule has 2 heterocycles. The summed E-state index contributed by atoms with van der Waals surface area (Å²) in [5.41, 5.74) is 2.03. The normalized spacial score (nSPS) is 15.4. The monoisotopic (exact) mass is 400 g/mol. The molecule has 6 heteroatoms. The largest absolute Gasteiger partial charge is 0.493 e. The van der Waals surface area contributed by atoms with Crippen LogP contribution < -0.4 is 20.1 Å². The predicted octanol–water partition coefficient (Wildman–Crippen LogP) is 4.75. The van der Waals surface area contributed by atoms with Crippen molar-refractivity contribution in [3.05, 3.63) is 18.2 Å². The minimum atomic E-state index is 0.474. The number of unbranched alkanes of at least 4 members (excludes halogenated alkanes) is 3.